The fraction of sp³-hybridized carbons (Fsp3) is 0.667. The van der Waals surface area contributed by atoms with Crippen LogP contribution in [0.4, 0.5) is 0 Å². The summed E-state index contributed by atoms with van der Waals surface area (Å²) in [6, 6.07) is 4.02. The number of hydrogen-bond acceptors (Lipinski definition) is 4. The number of pyridine rings is 1. The van der Waals surface area contributed by atoms with E-state index >= 15 is 0 Å². The zero-order valence-electron chi connectivity index (χ0n) is 12.1. The van der Waals surface area contributed by atoms with Crippen LogP contribution >= 0.6 is 0 Å². The van der Waals surface area contributed by atoms with Gasteiger partial charge < -0.3 is 15.0 Å². The van der Waals surface area contributed by atoms with Gasteiger partial charge in [-0.05, 0) is 57.9 Å². The smallest absolute Gasteiger partial charge is 0.217 e. The largest absolute Gasteiger partial charge is 0.481 e. The number of ether oxygens (including phenoxy) is 1. The van der Waals surface area contributed by atoms with E-state index in [0.29, 0.717) is 0 Å². The Labute approximate surface area is 116 Å². The predicted octanol–water partition coefficient (Wildman–Crippen LogP) is 1.91. The molecule has 1 N–H and O–H groups in total. The summed E-state index contributed by atoms with van der Waals surface area (Å²) in [5.41, 5.74) is 1.13. The van der Waals surface area contributed by atoms with Crippen molar-refractivity contribution in [1.29, 1.82) is 0 Å². The van der Waals surface area contributed by atoms with Gasteiger partial charge in [-0.3, -0.25) is 0 Å². The van der Waals surface area contributed by atoms with Crippen LogP contribution in [-0.4, -0.2) is 43.7 Å². The van der Waals surface area contributed by atoms with Crippen molar-refractivity contribution < 1.29 is 4.74 Å². The molecule has 0 radical (unpaired) electrons. The van der Waals surface area contributed by atoms with Gasteiger partial charge in [-0.2, -0.15) is 0 Å². The van der Waals surface area contributed by atoms with E-state index in [2.05, 4.69) is 28.3 Å². The third kappa shape index (κ3) is 4.48. The Bertz CT molecular complexity index is 375. The molecule has 19 heavy (non-hydrogen) atoms. The van der Waals surface area contributed by atoms with Crippen LogP contribution in [0.3, 0.4) is 0 Å². The lowest BCUT2D eigenvalue weighted by molar-refractivity contribution is 0.211. The summed E-state index contributed by atoms with van der Waals surface area (Å²) < 4.78 is 5.25. The highest BCUT2D eigenvalue weighted by Gasteiger charge is 2.15. The summed E-state index contributed by atoms with van der Waals surface area (Å²) in [5, 5.41) is 3.50. The van der Waals surface area contributed by atoms with E-state index in [1.165, 1.54) is 32.4 Å². The van der Waals surface area contributed by atoms with E-state index in [1.807, 2.05) is 6.07 Å². The average molecular weight is 263 g/mol. The number of aromatic nitrogens is 1. The minimum Gasteiger partial charge on any atom is -0.481 e. The molecule has 1 saturated heterocycles. The molecule has 0 amide bonds. The van der Waals surface area contributed by atoms with Crippen molar-refractivity contribution in [3.8, 4) is 5.88 Å². The Kier molecular flexibility index (Phi) is 5.61. The fourth-order valence-electron chi connectivity index (χ4n) is 2.62. The van der Waals surface area contributed by atoms with Crippen molar-refractivity contribution in [3.05, 3.63) is 23.9 Å². The highest BCUT2D eigenvalue weighted by molar-refractivity contribution is 5.24. The number of rotatable bonds is 6. The lowest BCUT2D eigenvalue weighted by Gasteiger charge is -2.28. The molecule has 1 aliphatic rings. The van der Waals surface area contributed by atoms with Gasteiger partial charge in [0.05, 0.1) is 7.11 Å². The Morgan fingerprint density at radius 3 is 2.95 bits per heavy atom. The average Bonchev–Trinajstić information content (AvgIpc) is 2.46. The summed E-state index contributed by atoms with van der Waals surface area (Å²) in [7, 11) is 3.88. The summed E-state index contributed by atoms with van der Waals surface area (Å²) in [6.45, 7) is 4.41. The van der Waals surface area contributed by atoms with Crippen molar-refractivity contribution in [2.24, 2.45) is 5.92 Å². The SMILES string of the molecule is COc1ncccc1CNCCC1CCN(C)CC1. The third-order valence-corrected chi connectivity index (χ3v) is 3.93. The molecule has 1 aliphatic heterocycles. The summed E-state index contributed by atoms with van der Waals surface area (Å²) in [4.78, 5) is 6.63. The zero-order valence-corrected chi connectivity index (χ0v) is 12.1. The molecule has 0 aromatic carbocycles. The standard InChI is InChI=1S/C15H25N3O/c1-18-10-6-13(7-11-18)5-9-16-12-14-4-3-8-17-15(14)19-2/h3-4,8,13,16H,5-7,9-12H2,1-2H3. The zero-order chi connectivity index (χ0) is 13.5. The Morgan fingerprint density at radius 1 is 1.42 bits per heavy atom. The monoisotopic (exact) mass is 263 g/mol. The molecule has 4 nitrogen and oxygen atoms in total. The number of piperidine rings is 1. The number of nitrogens with one attached hydrogen (secondary N) is 1. The summed E-state index contributed by atoms with van der Waals surface area (Å²) in [6.07, 6.45) is 5.72. The van der Waals surface area contributed by atoms with Crippen molar-refractivity contribution in [1.82, 2.24) is 15.2 Å². The first-order valence-electron chi connectivity index (χ1n) is 7.16. The number of likely N-dealkylation sites (tertiary alicyclic amines) is 1. The molecule has 1 aromatic rings. The summed E-state index contributed by atoms with van der Waals surface area (Å²) >= 11 is 0. The van der Waals surface area contributed by atoms with Crippen LogP contribution in [0, 0.1) is 5.92 Å². The Balaban J connectivity index is 1.66. The number of nitrogens with zero attached hydrogens (tertiary/aromatic N) is 2. The van der Waals surface area contributed by atoms with Crippen LogP contribution in [-0.2, 0) is 6.54 Å². The second kappa shape index (κ2) is 7.46. The van der Waals surface area contributed by atoms with Crippen molar-refractivity contribution in [2.45, 2.75) is 25.8 Å². The first kappa shape index (κ1) is 14.3. The lowest BCUT2D eigenvalue weighted by atomic mass is 9.94. The van der Waals surface area contributed by atoms with Crippen molar-refractivity contribution in [2.75, 3.05) is 33.8 Å². The second-order valence-electron chi connectivity index (χ2n) is 5.38. The van der Waals surface area contributed by atoms with Gasteiger partial charge in [-0.15, -0.1) is 0 Å². The Hall–Kier alpha value is -1.13. The quantitative estimate of drug-likeness (QED) is 0.796. The molecule has 0 atom stereocenters. The van der Waals surface area contributed by atoms with Crippen LogP contribution in [0.5, 0.6) is 5.88 Å². The van der Waals surface area contributed by atoms with Gasteiger partial charge in [-0.25, -0.2) is 4.98 Å². The van der Waals surface area contributed by atoms with Crippen LogP contribution in [0.2, 0.25) is 0 Å². The van der Waals surface area contributed by atoms with Gasteiger partial charge in [0, 0.05) is 18.3 Å². The van der Waals surface area contributed by atoms with Gasteiger partial charge in [0.1, 0.15) is 0 Å². The molecule has 0 saturated carbocycles. The van der Waals surface area contributed by atoms with E-state index in [-0.39, 0.29) is 0 Å². The van der Waals surface area contributed by atoms with Crippen LogP contribution in [0.15, 0.2) is 18.3 Å². The van der Waals surface area contributed by atoms with Crippen LogP contribution < -0.4 is 10.1 Å². The maximum absolute atomic E-state index is 5.25. The first-order chi connectivity index (χ1) is 9.29. The molecule has 0 aliphatic carbocycles. The fourth-order valence-corrected chi connectivity index (χ4v) is 2.62. The molecule has 0 unspecified atom stereocenters. The van der Waals surface area contributed by atoms with Gasteiger partial charge in [0.25, 0.3) is 0 Å². The van der Waals surface area contributed by atoms with Gasteiger partial charge >= 0.3 is 0 Å². The normalized spacial score (nSPS) is 17.6. The topological polar surface area (TPSA) is 37.4 Å². The van der Waals surface area contributed by atoms with E-state index in [9.17, 15) is 0 Å². The molecule has 1 fully saturated rings. The minimum atomic E-state index is 0.731. The minimum absolute atomic E-state index is 0.731. The van der Waals surface area contributed by atoms with Gasteiger partial charge in [0.15, 0.2) is 0 Å². The lowest BCUT2D eigenvalue weighted by Crippen LogP contribution is -2.31. The van der Waals surface area contributed by atoms with Crippen LogP contribution in [0.25, 0.3) is 0 Å². The van der Waals surface area contributed by atoms with E-state index in [4.69, 9.17) is 4.74 Å². The molecule has 106 valence electrons. The molecule has 1 aromatic heterocycles. The molecule has 4 heteroatoms. The summed E-state index contributed by atoms with van der Waals surface area (Å²) in [5.74, 6) is 1.62. The molecule has 2 rings (SSSR count). The molecule has 0 spiro atoms. The van der Waals surface area contributed by atoms with Gasteiger partial charge in [-0.1, -0.05) is 6.07 Å². The molecular formula is C15H25N3O. The first-order valence-corrected chi connectivity index (χ1v) is 7.16. The van der Waals surface area contributed by atoms with E-state index < -0.39 is 0 Å². The third-order valence-electron chi connectivity index (χ3n) is 3.93. The van der Waals surface area contributed by atoms with Crippen LogP contribution in [0.1, 0.15) is 24.8 Å². The molecule has 0 bridgehead atoms. The predicted molar refractivity (Wildman–Crippen MR) is 77.3 cm³/mol. The van der Waals surface area contributed by atoms with Crippen molar-refractivity contribution >= 4 is 0 Å². The molecule has 2 heterocycles. The highest BCUT2D eigenvalue weighted by Crippen LogP contribution is 2.19. The van der Waals surface area contributed by atoms with E-state index in [0.717, 1.165) is 30.5 Å². The van der Waals surface area contributed by atoms with E-state index in [1.54, 1.807) is 13.3 Å². The molecular weight excluding hydrogens is 238 g/mol. The Morgan fingerprint density at radius 2 is 2.21 bits per heavy atom. The maximum atomic E-state index is 5.25. The number of hydrogen-bond donors (Lipinski definition) is 1. The number of methoxy groups -OCH3 is 1. The second-order valence-corrected chi connectivity index (χ2v) is 5.38. The van der Waals surface area contributed by atoms with Crippen molar-refractivity contribution in [3.63, 3.8) is 0 Å². The van der Waals surface area contributed by atoms with Gasteiger partial charge in [0.2, 0.25) is 5.88 Å². The maximum Gasteiger partial charge on any atom is 0.217 e. The highest BCUT2D eigenvalue weighted by atomic mass is 16.5.